The van der Waals surface area contributed by atoms with Crippen molar-refractivity contribution in [3.63, 3.8) is 0 Å². The van der Waals surface area contributed by atoms with Gasteiger partial charge in [-0.15, -0.1) is 0 Å². The Bertz CT molecular complexity index is 1010. The number of morpholine rings is 1. The average Bonchev–Trinajstić information content (AvgIpc) is 3.17. The summed E-state index contributed by atoms with van der Waals surface area (Å²) >= 11 is 0. The molecule has 1 N–H and O–H groups in total. The number of rotatable bonds is 4. The van der Waals surface area contributed by atoms with Gasteiger partial charge in [0.15, 0.2) is 0 Å². The molecule has 2 aliphatic heterocycles. The normalized spacial score (nSPS) is 19.0. The molecule has 0 aliphatic carbocycles. The van der Waals surface area contributed by atoms with Gasteiger partial charge in [-0.05, 0) is 23.8 Å². The first-order valence-electron chi connectivity index (χ1n) is 9.81. The number of nitrogens with zero attached hydrogens (tertiary/aromatic N) is 5. The summed E-state index contributed by atoms with van der Waals surface area (Å²) in [5.41, 5.74) is 3.17. The Morgan fingerprint density at radius 2 is 1.93 bits per heavy atom. The Balaban J connectivity index is 1.52. The van der Waals surface area contributed by atoms with Gasteiger partial charge in [-0.2, -0.15) is 5.10 Å². The maximum Gasteiger partial charge on any atom is 0.226 e. The highest BCUT2D eigenvalue weighted by molar-refractivity contribution is 5.94. The smallest absolute Gasteiger partial charge is 0.226 e. The molecule has 0 spiro atoms. The van der Waals surface area contributed by atoms with Crippen LogP contribution in [0.5, 0.6) is 0 Å². The predicted molar refractivity (Wildman–Crippen MR) is 108 cm³/mol. The fraction of sp³-hybridized carbons (Fsp3) is 0.333. The number of ether oxygens (including phenoxy) is 1. The molecule has 148 valence electrons. The molecule has 0 unspecified atom stereocenters. The van der Waals surface area contributed by atoms with Crippen LogP contribution in [0.2, 0.25) is 0 Å². The lowest BCUT2D eigenvalue weighted by atomic mass is 9.87. The Kier molecular flexibility index (Phi) is 4.69. The van der Waals surface area contributed by atoms with Gasteiger partial charge >= 0.3 is 0 Å². The van der Waals surface area contributed by atoms with Crippen molar-refractivity contribution in [3.8, 4) is 0 Å². The number of hydrogen-bond acceptors (Lipinski definition) is 6. The summed E-state index contributed by atoms with van der Waals surface area (Å²) in [5.74, 6) is 1.62. The number of carbonyl (C=O) groups excluding carboxylic acids is 1. The summed E-state index contributed by atoms with van der Waals surface area (Å²) in [5, 5.41) is 7.59. The van der Waals surface area contributed by atoms with E-state index in [1.807, 2.05) is 35.3 Å². The van der Waals surface area contributed by atoms with Crippen LogP contribution in [-0.2, 0) is 16.1 Å². The van der Waals surface area contributed by atoms with Gasteiger partial charge in [-0.3, -0.25) is 9.78 Å². The van der Waals surface area contributed by atoms with Crippen LogP contribution in [0, 0.1) is 0 Å². The molecule has 1 saturated heterocycles. The second-order valence-corrected chi connectivity index (χ2v) is 7.28. The standard InChI is InChI=1S/C21H22N6O2/c28-19-12-17(16-2-1-5-23-20(16)26-8-10-29-11-9-26)18-13-24-27(21(18)25-19)14-15-3-6-22-7-4-15/h1-7,13,17H,8-12,14H2,(H,25,28)/t17-/m1/s1. The van der Waals surface area contributed by atoms with E-state index >= 15 is 0 Å². The molecule has 29 heavy (non-hydrogen) atoms. The molecule has 3 aromatic rings. The van der Waals surface area contributed by atoms with E-state index in [-0.39, 0.29) is 11.8 Å². The van der Waals surface area contributed by atoms with Crippen LogP contribution in [0.15, 0.2) is 49.1 Å². The van der Waals surface area contributed by atoms with Crippen LogP contribution in [0.4, 0.5) is 11.6 Å². The minimum absolute atomic E-state index is 0.00393. The first kappa shape index (κ1) is 17.8. The molecule has 5 rings (SSSR count). The van der Waals surface area contributed by atoms with Gasteiger partial charge in [0.1, 0.15) is 11.6 Å². The Hall–Kier alpha value is -3.26. The van der Waals surface area contributed by atoms with Crippen molar-refractivity contribution in [1.29, 1.82) is 0 Å². The predicted octanol–water partition coefficient (Wildman–Crippen LogP) is 2.03. The number of carbonyl (C=O) groups is 1. The summed E-state index contributed by atoms with van der Waals surface area (Å²) in [6.07, 6.45) is 7.59. The van der Waals surface area contributed by atoms with Crippen LogP contribution in [0.1, 0.15) is 29.0 Å². The molecular weight excluding hydrogens is 368 g/mol. The van der Waals surface area contributed by atoms with Crippen LogP contribution < -0.4 is 10.2 Å². The van der Waals surface area contributed by atoms with Crippen molar-refractivity contribution in [1.82, 2.24) is 19.7 Å². The van der Waals surface area contributed by atoms with Crippen molar-refractivity contribution in [2.24, 2.45) is 0 Å². The highest BCUT2D eigenvalue weighted by Gasteiger charge is 2.32. The lowest BCUT2D eigenvalue weighted by molar-refractivity contribution is -0.116. The molecule has 0 saturated carbocycles. The summed E-state index contributed by atoms with van der Waals surface area (Å²) in [6.45, 7) is 3.56. The van der Waals surface area contributed by atoms with E-state index in [4.69, 9.17) is 4.74 Å². The van der Waals surface area contributed by atoms with Gasteiger partial charge in [-0.25, -0.2) is 9.67 Å². The van der Waals surface area contributed by atoms with Gasteiger partial charge < -0.3 is 15.0 Å². The molecule has 0 bridgehead atoms. The number of aromatic nitrogens is 4. The number of nitrogens with one attached hydrogen (secondary N) is 1. The van der Waals surface area contributed by atoms with Crippen molar-refractivity contribution in [3.05, 3.63) is 65.7 Å². The summed E-state index contributed by atoms with van der Waals surface area (Å²) in [6, 6.07) is 7.92. The van der Waals surface area contributed by atoms with Crippen LogP contribution >= 0.6 is 0 Å². The quantitative estimate of drug-likeness (QED) is 0.734. The van der Waals surface area contributed by atoms with Gasteiger partial charge in [0.2, 0.25) is 5.91 Å². The molecule has 8 heteroatoms. The zero-order valence-electron chi connectivity index (χ0n) is 16.0. The van der Waals surface area contributed by atoms with Crippen LogP contribution in [0.3, 0.4) is 0 Å². The lowest BCUT2D eigenvalue weighted by Gasteiger charge is -2.32. The van der Waals surface area contributed by atoms with E-state index < -0.39 is 0 Å². The minimum Gasteiger partial charge on any atom is -0.378 e. The van der Waals surface area contributed by atoms with E-state index in [0.29, 0.717) is 26.2 Å². The zero-order chi connectivity index (χ0) is 19.6. The maximum atomic E-state index is 12.6. The summed E-state index contributed by atoms with van der Waals surface area (Å²) < 4.78 is 7.34. The molecule has 5 heterocycles. The fourth-order valence-electron chi connectivity index (χ4n) is 4.05. The monoisotopic (exact) mass is 390 g/mol. The number of fused-ring (bicyclic) bond motifs is 1. The zero-order valence-corrected chi connectivity index (χ0v) is 16.0. The number of hydrogen-bond donors (Lipinski definition) is 1. The molecule has 1 amide bonds. The van der Waals surface area contributed by atoms with Crippen molar-refractivity contribution < 1.29 is 9.53 Å². The van der Waals surface area contributed by atoms with Crippen LogP contribution in [0.25, 0.3) is 0 Å². The highest BCUT2D eigenvalue weighted by atomic mass is 16.5. The second kappa shape index (κ2) is 7.63. The molecule has 1 fully saturated rings. The molecule has 2 aliphatic rings. The largest absolute Gasteiger partial charge is 0.378 e. The Morgan fingerprint density at radius 1 is 1.10 bits per heavy atom. The van der Waals surface area contributed by atoms with Gasteiger partial charge in [0.25, 0.3) is 0 Å². The summed E-state index contributed by atoms with van der Waals surface area (Å²) in [4.78, 5) is 23.5. The third kappa shape index (κ3) is 3.47. The maximum absolute atomic E-state index is 12.6. The van der Waals surface area contributed by atoms with Crippen molar-refractivity contribution in [2.75, 3.05) is 36.5 Å². The molecule has 0 aromatic carbocycles. The SMILES string of the molecule is O=C1C[C@H](c2cccnc2N2CCOCC2)c2cnn(Cc3ccncc3)c2N1. The second-order valence-electron chi connectivity index (χ2n) is 7.28. The highest BCUT2D eigenvalue weighted by Crippen LogP contribution is 2.40. The topological polar surface area (TPSA) is 85.2 Å². The van der Waals surface area contributed by atoms with Crippen LogP contribution in [-0.4, -0.2) is 52.0 Å². The number of amides is 1. The molecular formula is C21H22N6O2. The van der Waals surface area contributed by atoms with E-state index in [0.717, 1.165) is 41.4 Å². The fourth-order valence-corrected chi connectivity index (χ4v) is 4.05. The van der Waals surface area contributed by atoms with Gasteiger partial charge in [-0.1, -0.05) is 6.07 Å². The third-order valence-corrected chi connectivity index (χ3v) is 5.48. The number of anilines is 2. The van der Waals surface area contributed by atoms with Gasteiger partial charge in [0.05, 0.1) is 26.0 Å². The van der Waals surface area contributed by atoms with E-state index in [1.54, 1.807) is 12.4 Å². The van der Waals surface area contributed by atoms with E-state index in [2.05, 4.69) is 31.3 Å². The first-order chi connectivity index (χ1) is 14.3. The van der Waals surface area contributed by atoms with Crippen molar-refractivity contribution >= 4 is 17.5 Å². The van der Waals surface area contributed by atoms with E-state index in [1.165, 1.54) is 0 Å². The molecule has 8 nitrogen and oxygen atoms in total. The van der Waals surface area contributed by atoms with Gasteiger partial charge in [0, 0.05) is 55.1 Å². The average molecular weight is 390 g/mol. The van der Waals surface area contributed by atoms with E-state index in [9.17, 15) is 4.79 Å². The van der Waals surface area contributed by atoms with Crippen molar-refractivity contribution in [2.45, 2.75) is 18.9 Å². The Morgan fingerprint density at radius 3 is 2.76 bits per heavy atom. The first-order valence-corrected chi connectivity index (χ1v) is 9.81. The lowest BCUT2D eigenvalue weighted by Crippen LogP contribution is -2.38. The Labute approximate surface area is 168 Å². The molecule has 3 aromatic heterocycles. The number of pyridine rings is 2. The summed E-state index contributed by atoms with van der Waals surface area (Å²) in [7, 11) is 0. The molecule has 0 radical (unpaired) electrons. The minimum atomic E-state index is -0.0727. The molecule has 1 atom stereocenters. The third-order valence-electron chi connectivity index (χ3n) is 5.48.